The topological polar surface area (TPSA) is 71.1 Å². The van der Waals surface area contributed by atoms with Gasteiger partial charge >= 0.3 is 0 Å². The van der Waals surface area contributed by atoms with Crippen LogP contribution >= 0.6 is 0 Å². The minimum absolute atomic E-state index is 0.0135. The SMILES string of the molecule is COCCNC(=O)CN(C(C)=O)c1ccccc1N1CCOCC1. The average Bonchev–Trinajstić information content (AvgIpc) is 2.60. The molecule has 0 spiro atoms. The van der Waals surface area contributed by atoms with Gasteiger partial charge in [-0.3, -0.25) is 9.59 Å². The Kier molecular flexibility index (Phi) is 7.02. The Morgan fingerprint density at radius 2 is 2.00 bits per heavy atom. The number of morpholine rings is 1. The first-order valence-corrected chi connectivity index (χ1v) is 8.09. The summed E-state index contributed by atoms with van der Waals surface area (Å²) >= 11 is 0. The first-order chi connectivity index (χ1) is 11.6. The highest BCUT2D eigenvalue weighted by atomic mass is 16.5. The molecule has 2 amide bonds. The Morgan fingerprint density at radius 1 is 1.29 bits per heavy atom. The predicted octanol–water partition coefficient (Wildman–Crippen LogP) is 0.639. The van der Waals surface area contributed by atoms with Gasteiger partial charge in [0, 0.05) is 33.7 Å². The molecule has 0 atom stereocenters. The molecule has 0 saturated carbocycles. The molecule has 1 aromatic rings. The summed E-state index contributed by atoms with van der Waals surface area (Å²) in [4.78, 5) is 27.9. The van der Waals surface area contributed by atoms with Crippen LogP contribution in [-0.4, -0.2) is 64.9 Å². The molecule has 2 rings (SSSR count). The zero-order valence-electron chi connectivity index (χ0n) is 14.3. The number of carbonyl (C=O) groups excluding carboxylic acids is 2. The Morgan fingerprint density at radius 3 is 2.67 bits per heavy atom. The maximum absolute atomic E-state index is 12.1. The molecule has 1 heterocycles. The van der Waals surface area contributed by atoms with E-state index in [4.69, 9.17) is 9.47 Å². The van der Waals surface area contributed by atoms with Gasteiger partial charge in [0.1, 0.15) is 6.54 Å². The molecule has 1 fully saturated rings. The van der Waals surface area contributed by atoms with Crippen LogP contribution in [0.15, 0.2) is 24.3 Å². The van der Waals surface area contributed by atoms with Crippen LogP contribution in [0.1, 0.15) is 6.92 Å². The van der Waals surface area contributed by atoms with Crippen molar-refractivity contribution in [3.63, 3.8) is 0 Å². The van der Waals surface area contributed by atoms with Gasteiger partial charge in [-0.05, 0) is 12.1 Å². The fourth-order valence-corrected chi connectivity index (χ4v) is 2.62. The molecule has 0 bridgehead atoms. The fraction of sp³-hybridized carbons (Fsp3) is 0.529. The van der Waals surface area contributed by atoms with Gasteiger partial charge in [-0.25, -0.2) is 0 Å². The summed E-state index contributed by atoms with van der Waals surface area (Å²) in [6, 6.07) is 7.65. The maximum atomic E-state index is 12.1. The number of para-hydroxylation sites is 2. The second-order valence-electron chi connectivity index (χ2n) is 5.54. The van der Waals surface area contributed by atoms with Gasteiger partial charge in [-0.2, -0.15) is 0 Å². The van der Waals surface area contributed by atoms with E-state index in [2.05, 4.69) is 10.2 Å². The highest BCUT2D eigenvalue weighted by molar-refractivity contribution is 6.00. The zero-order chi connectivity index (χ0) is 17.4. The zero-order valence-corrected chi connectivity index (χ0v) is 14.3. The van der Waals surface area contributed by atoms with Crippen LogP contribution in [0.2, 0.25) is 0 Å². The second kappa shape index (κ2) is 9.24. The van der Waals surface area contributed by atoms with E-state index in [9.17, 15) is 9.59 Å². The van der Waals surface area contributed by atoms with E-state index < -0.39 is 0 Å². The molecule has 7 heteroatoms. The number of ether oxygens (including phenoxy) is 2. The molecule has 1 N–H and O–H groups in total. The Labute approximate surface area is 142 Å². The largest absolute Gasteiger partial charge is 0.383 e. The number of carbonyl (C=O) groups is 2. The average molecular weight is 335 g/mol. The summed E-state index contributed by atoms with van der Waals surface area (Å²) < 4.78 is 10.3. The number of hydrogen-bond acceptors (Lipinski definition) is 5. The fourth-order valence-electron chi connectivity index (χ4n) is 2.62. The lowest BCUT2D eigenvalue weighted by molar-refractivity contribution is -0.123. The van der Waals surface area contributed by atoms with Crippen molar-refractivity contribution in [2.75, 3.05) is 62.9 Å². The predicted molar refractivity (Wildman–Crippen MR) is 92.4 cm³/mol. The van der Waals surface area contributed by atoms with E-state index >= 15 is 0 Å². The van der Waals surface area contributed by atoms with Gasteiger partial charge in [-0.1, -0.05) is 12.1 Å². The van der Waals surface area contributed by atoms with Crippen molar-refractivity contribution in [3.05, 3.63) is 24.3 Å². The van der Waals surface area contributed by atoms with Crippen LogP contribution in [-0.2, 0) is 19.1 Å². The highest BCUT2D eigenvalue weighted by Crippen LogP contribution is 2.29. The monoisotopic (exact) mass is 335 g/mol. The molecule has 1 saturated heterocycles. The molecule has 0 aliphatic carbocycles. The quantitative estimate of drug-likeness (QED) is 0.741. The van der Waals surface area contributed by atoms with Crippen LogP contribution in [0.25, 0.3) is 0 Å². The van der Waals surface area contributed by atoms with Crippen molar-refractivity contribution in [1.29, 1.82) is 0 Å². The van der Waals surface area contributed by atoms with Gasteiger partial charge in [-0.15, -0.1) is 0 Å². The third-order valence-corrected chi connectivity index (χ3v) is 3.83. The second-order valence-corrected chi connectivity index (χ2v) is 5.54. The van der Waals surface area contributed by atoms with Crippen LogP contribution < -0.4 is 15.1 Å². The molecular formula is C17H25N3O4. The van der Waals surface area contributed by atoms with Crippen molar-refractivity contribution in [1.82, 2.24) is 5.32 Å². The molecule has 0 radical (unpaired) electrons. The lowest BCUT2D eigenvalue weighted by Gasteiger charge is -2.33. The van der Waals surface area contributed by atoms with E-state index in [1.54, 1.807) is 7.11 Å². The molecule has 24 heavy (non-hydrogen) atoms. The Balaban J connectivity index is 2.15. The van der Waals surface area contributed by atoms with Crippen LogP contribution in [0.3, 0.4) is 0 Å². The normalized spacial score (nSPS) is 14.3. The molecule has 0 aromatic heterocycles. The van der Waals surface area contributed by atoms with Crippen LogP contribution in [0.5, 0.6) is 0 Å². The lowest BCUT2D eigenvalue weighted by atomic mass is 10.2. The summed E-state index contributed by atoms with van der Waals surface area (Å²) in [5.74, 6) is -0.378. The number of methoxy groups -OCH3 is 1. The number of nitrogens with zero attached hydrogens (tertiary/aromatic N) is 2. The smallest absolute Gasteiger partial charge is 0.240 e. The number of amides is 2. The third-order valence-electron chi connectivity index (χ3n) is 3.83. The van der Waals surface area contributed by atoms with Gasteiger partial charge in [0.2, 0.25) is 11.8 Å². The van der Waals surface area contributed by atoms with E-state index in [1.165, 1.54) is 11.8 Å². The van der Waals surface area contributed by atoms with E-state index in [1.807, 2.05) is 24.3 Å². The van der Waals surface area contributed by atoms with Gasteiger partial charge in [0.05, 0.1) is 31.2 Å². The highest BCUT2D eigenvalue weighted by Gasteiger charge is 2.22. The molecule has 7 nitrogen and oxygen atoms in total. The molecule has 132 valence electrons. The molecule has 1 aliphatic rings. The van der Waals surface area contributed by atoms with E-state index in [0.717, 1.165) is 24.5 Å². The van der Waals surface area contributed by atoms with Gasteiger partial charge < -0.3 is 24.6 Å². The molecular weight excluding hydrogens is 310 g/mol. The van der Waals surface area contributed by atoms with Gasteiger partial charge in [0.25, 0.3) is 0 Å². The van der Waals surface area contributed by atoms with Crippen LogP contribution in [0.4, 0.5) is 11.4 Å². The summed E-state index contributed by atoms with van der Waals surface area (Å²) in [5.41, 5.74) is 1.69. The molecule has 1 aliphatic heterocycles. The number of nitrogens with one attached hydrogen (secondary N) is 1. The Bertz CT molecular complexity index is 559. The summed E-state index contributed by atoms with van der Waals surface area (Å²) in [7, 11) is 1.58. The maximum Gasteiger partial charge on any atom is 0.240 e. The number of benzene rings is 1. The first-order valence-electron chi connectivity index (χ1n) is 8.09. The molecule has 1 aromatic carbocycles. The van der Waals surface area contributed by atoms with E-state index in [-0.39, 0.29) is 18.4 Å². The third kappa shape index (κ3) is 4.94. The van der Waals surface area contributed by atoms with Crippen LogP contribution in [0, 0.1) is 0 Å². The van der Waals surface area contributed by atoms with Crippen molar-refractivity contribution >= 4 is 23.2 Å². The van der Waals surface area contributed by atoms with Crippen molar-refractivity contribution in [2.24, 2.45) is 0 Å². The first kappa shape index (κ1) is 18.2. The minimum atomic E-state index is -0.209. The summed E-state index contributed by atoms with van der Waals surface area (Å²) in [6.45, 7) is 5.17. The number of rotatable bonds is 7. The summed E-state index contributed by atoms with van der Waals surface area (Å²) in [5, 5.41) is 2.75. The lowest BCUT2D eigenvalue weighted by Crippen LogP contribution is -2.42. The number of anilines is 2. The minimum Gasteiger partial charge on any atom is -0.383 e. The number of hydrogen-bond donors (Lipinski definition) is 1. The van der Waals surface area contributed by atoms with Crippen molar-refractivity contribution < 1.29 is 19.1 Å². The summed E-state index contributed by atoms with van der Waals surface area (Å²) in [6.07, 6.45) is 0. The van der Waals surface area contributed by atoms with Crippen molar-refractivity contribution in [2.45, 2.75) is 6.92 Å². The van der Waals surface area contributed by atoms with Gasteiger partial charge in [0.15, 0.2) is 0 Å². The standard InChI is InChI=1S/C17H25N3O4/c1-14(21)20(13-17(22)18-7-10-23-2)16-6-4-3-5-15(16)19-8-11-24-12-9-19/h3-6H,7-13H2,1-2H3,(H,18,22). The molecule has 0 unspecified atom stereocenters. The Hall–Kier alpha value is -2.12. The van der Waals surface area contributed by atoms with E-state index in [0.29, 0.717) is 26.4 Å². The van der Waals surface area contributed by atoms with Crippen molar-refractivity contribution in [3.8, 4) is 0 Å².